The number of hydrogen-bond acceptors (Lipinski definition) is 4. The molecule has 216 valence electrons. The standard InChI is InChI=1S/C30H62NO4P/c1-5-9-10-11-12-13-14-15-16-17-18-19-20-21-22-23-24-25-26-27-29-34-36(32,33)35-30-28-31(6-2,7-3)8-4/h15-16H,5-14,17-30H2,1-4H3/b16-15-. The highest BCUT2D eigenvalue weighted by molar-refractivity contribution is 7.45. The second-order valence-corrected chi connectivity index (χ2v) is 11.9. The van der Waals surface area contributed by atoms with E-state index in [0.717, 1.165) is 43.4 Å². The molecule has 0 aliphatic carbocycles. The van der Waals surface area contributed by atoms with Crippen LogP contribution in [0.15, 0.2) is 12.2 Å². The molecular formula is C30H62NO4P. The molecule has 0 N–H and O–H groups in total. The summed E-state index contributed by atoms with van der Waals surface area (Å²) in [7, 11) is -4.17. The van der Waals surface area contributed by atoms with Crippen LogP contribution in [0.2, 0.25) is 0 Å². The molecule has 1 unspecified atom stereocenters. The molecule has 36 heavy (non-hydrogen) atoms. The summed E-state index contributed by atoms with van der Waals surface area (Å²) in [5, 5.41) is 0. The van der Waals surface area contributed by atoms with Crippen molar-refractivity contribution < 1.29 is 23.0 Å². The lowest BCUT2D eigenvalue weighted by Gasteiger charge is -2.36. The van der Waals surface area contributed by atoms with Crippen LogP contribution in [0, 0.1) is 0 Å². The Balaban J connectivity index is 3.43. The summed E-state index contributed by atoms with van der Waals surface area (Å²) >= 11 is 0. The van der Waals surface area contributed by atoms with Crippen molar-refractivity contribution in [3.63, 3.8) is 0 Å². The summed E-state index contributed by atoms with van der Waals surface area (Å²) in [4.78, 5) is 12.0. The molecule has 0 aliphatic rings. The Labute approximate surface area is 225 Å². The van der Waals surface area contributed by atoms with E-state index in [1.807, 2.05) is 0 Å². The van der Waals surface area contributed by atoms with Crippen LogP contribution in [-0.4, -0.2) is 43.9 Å². The van der Waals surface area contributed by atoms with Crippen molar-refractivity contribution in [2.45, 2.75) is 143 Å². The highest BCUT2D eigenvalue weighted by Gasteiger charge is 2.21. The van der Waals surface area contributed by atoms with Gasteiger partial charge in [-0.25, -0.2) is 0 Å². The van der Waals surface area contributed by atoms with Gasteiger partial charge in [0.25, 0.3) is 7.82 Å². The fraction of sp³-hybridized carbons (Fsp3) is 0.933. The Kier molecular flexibility index (Phi) is 25.0. The minimum absolute atomic E-state index is 0.201. The molecule has 0 aromatic rings. The van der Waals surface area contributed by atoms with Crippen LogP contribution >= 0.6 is 7.82 Å². The van der Waals surface area contributed by atoms with Crippen molar-refractivity contribution in [3.8, 4) is 0 Å². The molecule has 0 fully saturated rings. The Morgan fingerprint density at radius 2 is 0.972 bits per heavy atom. The number of phosphoric ester groups is 1. The molecule has 0 aromatic carbocycles. The molecule has 0 bridgehead atoms. The Morgan fingerprint density at radius 3 is 1.42 bits per heavy atom. The normalized spacial score (nSPS) is 14.0. The van der Waals surface area contributed by atoms with E-state index in [4.69, 9.17) is 9.05 Å². The maximum Gasteiger partial charge on any atom is 0.268 e. The highest BCUT2D eigenvalue weighted by Crippen LogP contribution is 2.38. The lowest BCUT2D eigenvalue weighted by Crippen LogP contribution is -2.49. The summed E-state index contributed by atoms with van der Waals surface area (Å²) in [5.41, 5.74) is 0. The minimum Gasteiger partial charge on any atom is -0.756 e. The molecule has 1 atom stereocenters. The Hall–Kier alpha value is -0.190. The molecule has 6 heteroatoms. The molecule has 0 rings (SSSR count). The first-order chi connectivity index (χ1) is 17.4. The van der Waals surface area contributed by atoms with Crippen LogP contribution in [0.3, 0.4) is 0 Å². The van der Waals surface area contributed by atoms with Crippen molar-refractivity contribution in [1.82, 2.24) is 0 Å². The number of phosphoric acid groups is 1. The van der Waals surface area contributed by atoms with Crippen molar-refractivity contribution in [1.29, 1.82) is 0 Å². The molecular weight excluding hydrogens is 469 g/mol. The number of allylic oxidation sites excluding steroid dienone is 2. The largest absolute Gasteiger partial charge is 0.756 e. The first-order valence-electron chi connectivity index (χ1n) is 15.6. The SMILES string of the molecule is CCCCCCCC/C=C\CCCCCCCCCCCCOP(=O)([O-])OCC[N+](CC)(CC)CC. The van der Waals surface area contributed by atoms with E-state index in [1.165, 1.54) is 96.3 Å². The van der Waals surface area contributed by atoms with Gasteiger partial charge in [-0.2, -0.15) is 0 Å². The average molecular weight is 532 g/mol. The fourth-order valence-corrected chi connectivity index (χ4v) is 5.49. The second kappa shape index (κ2) is 25.1. The van der Waals surface area contributed by atoms with Gasteiger partial charge in [0.05, 0.1) is 26.2 Å². The number of likely N-dealkylation sites (N-methyl/N-ethyl adjacent to an activating group) is 1. The third kappa shape index (κ3) is 21.9. The molecule has 0 aliphatic heterocycles. The zero-order valence-electron chi connectivity index (χ0n) is 24.7. The molecule has 0 spiro atoms. The number of rotatable bonds is 28. The van der Waals surface area contributed by atoms with E-state index in [-0.39, 0.29) is 13.2 Å². The molecule has 0 amide bonds. The predicted octanol–water partition coefficient (Wildman–Crippen LogP) is 8.96. The zero-order chi connectivity index (χ0) is 26.8. The Bertz CT molecular complexity index is 529. The smallest absolute Gasteiger partial charge is 0.268 e. The molecule has 0 saturated heterocycles. The number of unbranched alkanes of at least 4 members (excludes halogenated alkanes) is 16. The Morgan fingerprint density at radius 1 is 0.583 bits per heavy atom. The van der Waals surface area contributed by atoms with Crippen LogP contribution < -0.4 is 4.89 Å². The molecule has 0 aromatic heterocycles. The lowest BCUT2D eigenvalue weighted by molar-refractivity contribution is -0.923. The van der Waals surface area contributed by atoms with Gasteiger partial charge in [-0.15, -0.1) is 0 Å². The van der Waals surface area contributed by atoms with Crippen LogP contribution in [0.4, 0.5) is 0 Å². The first kappa shape index (κ1) is 35.8. The minimum atomic E-state index is -4.17. The second-order valence-electron chi connectivity index (χ2n) is 10.5. The quantitative estimate of drug-likeness (QED) is 0.0437. The highest BCUT2D eigenvalue weighted by atomic mass is 31.2. The fourth-order valence-electron chi connectivity index (χ4n) is 4.76. The lowest BCUT2D eigenvalue weighted by atomic mass is 10.1. The van der Waals surface area contributed by atoms with Crippen LogP contribution in [0.1, 0.15) is 143 Å². The van der Waals surface area contributed by atoms with E-state index in [9.17, 15) is 9.46 Å². The monoisotopic (exact) mass is 531 g/mol. The third-order valence-electron chi connectivity index (χ3n) is 7.73. The maximum atomic E-state index is 12.0. The van der Waals surface area contributed by atoms with Gasteiger partial charge in [-0.05, 0) is 52.9 Å². The van der Waals surface area contributed by atoms with Crippen molar-refractivity contribution in [3.05, 3.63) is 12.2 Å². The number of quaternary nitrogens is 1. The average Bonchev–Trinajstić information content (AvgIpc) is 2.87. The summed E-state index contributed by atoms with van der Waals surface area (Å²) in [6.07, 6.45) is 27.8. The van der Waals surface area contributed by atoms with Crippen molar-refractivity contribution in [2.75, 3.05) is 39.4 Å². The van der Waals surface area contributed by atoms with E-state index in [0.29, 0.717) is 6.54 Å². The number of hydrogen-bond donors (Lipinski definition) is 0. The van der Waals surface area contributed by atoms with Gasteiger partial charge in [0.1, 0.15) is 13.2 Å². The summed E-state index contributed by atoms with van der Waals surface area (Å²) in [6, 6.07) is 0. The van der Waals surface area contributed by atoms with Crippen molar-refractivity contribution in [2.24, 2.45) is 0 Å². The summed E-state index contributed by atoms with van der Waals surface area (Å²) in [6.45, 7) is 12.8. The van der Waals surface area contributed by atoms with E-state index in [1.54, 1.807) is 0 Å². The van der Waals surface area contributed by atoms with Crippen LogP contribution in [0.5, 0.6) is 0 Å². The van der Waals surface area contributed by atoms with Crippen LogP contribution in [-0.2, 0) is 13.6 Å². The maximum absolute atomic E-state index is 12.0. The number of nitrogens with zero attached hydrogens (tertiary/aromatic N) is 1. The topological polar surface area (TPSA) is 58.6 Å². The third-order valence-corrected chi connectivity index (χ3v) is 8.73. The zero-order valence-corrected chi connectivity index (χ0v) is 25.5. The van der Waals surface area contributed by atoms with Gasteiger partial charge in [-0.3, -0.25) is 4.57 Å². The van der Waals surface area contributed by atoms with Gasteiger partial charge in [0.2, 0.25) is 0 Å². The van der Waals surface area contributed by atoms with Crippen LogP contribution in [0.25, 0.3) is 0 Å². The van der Waals surface area contributed by atoms with Gasteiger partial charge >= 0.3 is 0 Å². The summed E-state index contributed by atoms with van der Waals surface area (Å²) in [5.74, 6) is 0. The first-order valence-corrected chi connectivity index (χ1v) is 17.0. The molecule has 0 heterocycles. The van der Waals surface area contributed by atoms with Gasteiger partial charge < -0.3 is 18.4 Å². The van der Waals surface area contributed by atoms with Gasteiger partial charge in [0.15, 0.2) is 0 Å². The van der Waals surface area contributed by atoms with E-state index < -0.39 is 7.82 Å². The molecule has 0 saturated carbocycles. The van der Waals surface area contributed by atoms with Gasteiger partial charge in [-0.1, -0.05) is 103 Å². The van der Waals surface area contributed by atoms with E-state index in [2.05, 4.69) is 39.8 Å². The van der Waals surface area contributed by atoms with E-state index >= 15 is 0 Å². The predicted molar refractivity (Wildman–Crippen MR) is 154 cm³/mol. The molecule has 5 nitrogen and oxygen atoms in total. The van der Waals surface area contributed by atoms with Gasteiger partial charge in [0, 0.05) is 0 Å². The molecule has 0 radical (unpaired) electrons. The van der Waals surface area contributed by atoms with Crippen molar-refractivity contribution >= 4 is 7.82 Å². The summed E-state index contributed by atoms with van der Waals surface area (Å²) < 4.78 is 23.0.